The quantitative estimate of drug-likeness (QED) is 0.0465. The van der Waals surface area contributed by atoms with Crippen molar-refractivity contribution in [2.24, 2.45) is 0 Å². The second-order valence-corrected chi connectivity index (χ2v) is 10.5. The molecule has 1 heteroatoms. The number of rotatable bonds is 28. The Balaban J connectivity index is 3.47. The van der Waals surface area contributed by atoms with Gasteiger partial charge in [0.15, 0.2) is 0 Å². The second-order valence-electron chi connectivity index (χ2n) is 10.5. The van der Waals surface area contributed by atoms with Crippen molar-refractivity contribution < 1.29 is 4.79 Å². The summed E-state index contributed by atoms with van der Waals surface area (Å²) in [6, 6.07) is 0. The molecule has 0 unspecified atom stereocenters. The first-order chi connectivity index (χ1) is 17.3. The highest BCUT2D eigenvalue weighted by Crippen LogP contribution is 2.13. The van der Waals surface area contributed by atoms with Crippen LogP contribution in [0.1, 0.15) is 174 Å². The van der Waals surface area contributed by atoms with E-state index >= 15 is 0 Å². The molecule has 0 aromatic rings. The maximum absolute atomic E-state index is 11.3. The predicted octanol–water partition coefficient (Wildman–Crippen LogP) is 12.0. The van der Waals surface area contributed by atoms with Crippen molar-refractivity contribution in [3.8, 4) is 0 Å². The topological polar surface area (TPSA) is 17.1 Å². The third kappa shape index (κ3) is 29.0. The standard InChI is InChI=1S/C34H62O/c1-3-5-7-9-11-13-15-17-18-20-22-24-26-28-30-32-34(33-35)31-29-27-25-23-21-19-16-14-12-10-8-6-4-2/h17-19,21,32-33H,3-16,20,22-31H2,1-2H3/b18-17-,21-19-,34-32+. The highest BCUT2D eigenvalue weighted by molar-refractivity contribution is 5.72. The van der Waals surface area contributed by atoms with Gasteiger partial charge in [0.1, 0.15) is 6.29 Å². The molecule has 204 valence electrons. The van der Waals surface area contributed by atoms with Crippen LogP contribution in [0.3, 0.4) is 0 Å². The van der Waals surface area contributed by atoms with E-state index in [0.29, 0.717) is 0 Å². The number of hydrogen-bond acceptors (Lipinski definition) is 1. The molecular weight excluding hydrogens is 424 g/mol. The van der Waals surface area contributed by atoms with Crippen molar-refractivity contribution >= 4 is 6.29 Å². The molecule has 0 bridgehead atoms. The Morgan fingerprint density at radius 2 is 0.771 bits per heavy atom. The van der Waals surface area contributed by atoms with Crippen LogP contribution in [-0.4, -0.2) is 6.29 Å². The fourth-order valence-electron chi connectivity index (χ4n) is 4.58. The zero-order chi connectivity index (χ0) is 25.5. The van der Waals surface area contributed by atoms with E-state index in [2.05, 4.69) is 44.2 Å². The van der Waals surface area contributed by atoms with Crippen LogP contribution in [0.4, 0.5) is 0 Å². The van der Waals surface area contributed by atoms with Gasteiger partial charge in [-0.25, -0.2) is 0 Å². The summed E-state index contributed by atoms with van der Waals surface area (Å²) >= 11 is 0. The molecule has 0 aromatic carbocycles. The summed E-state index contributed by atoms with van der Waals surface area (Å²) in [4.78, 5) is 11.3. The molecule has 0 amide bonds. The molecule has 0 fully saturated rings. The van der Waals surface area contributed by atoms with Gasteiger partial charge in [-0.15, -0.1) is 0 Å². The molecule has 1 nitrogen and oxygen atoms in total. The van der Waals surface area contributed by atoms with Crippen molar-refractivity contribution in [1.82, 2.24) is 0 Å². The minimum atomic E-state index is 0.967. The van der Waals surface area contributed by atoms with Crippen molar-refractivity contribution in [3.05, 3.63) is 36.0 Å². The van der Waals surface area contributed by atoms with Gasteiger partial charge in [-0.3, -0.25) is 4.79 Å². The van der Waals surface area contributed by atoms with Gasteiger partial charge in [-0.2, -0.15) is 0 Å². The van der Waals surface area contributed by atoms with Gasteiger partial charge < -0.3 is 0 Å². The lowest BCUT2D eigenvalue weighted by atomic mass is 10.0. The van der Waals surface area contributed by atoms with Crippen LogP contribution in [0.5, 0.6) is 0 Å². The Hall–Kier alpha value is -1.11. The highest BCUT2D eigenvalue weighted by atomic mass is 16.1. The molecule has 0 radical (unpaired) electrons. The lowest BCUT2D eigenvalue weighted by molar-refractivity contribution is -0.105. The summed E-state index contributed by atoms with van der Waals surface area (Å²) in [5, 5.41) is 0. The average Bonchev–Trinajstić information content (AvgIpc) is 2.87. The first-order valence-electron chi connectivity index (χ1n) is 15.8. The largest absolute Gasteiger partial charge is 0.298 e. The lowest BCUT2D eigenvalue weighted by Crippen LogP contribution is -1.87. The molecule has 0 rings (SSSR count). The Labute approximate surface area is 221 Å². The molecule has 0 saturated carbocycles. The number of hydrogen-bond donors (Lipinski definition) is 0. The summed E-state index contributed by atoms with van der Waals surface area (Å²) in [6.45, 7) is 4.56. The maximum Gasteiger partial charge on any atom is 0.145 e. The average molecular weight is 487 g/mol. The minimum Gasteiger partial charge on any atom is -0.298 e. The third-order valence-corrected chi connectivity index (χ3v) is 7.00. The van der Waals surface area contributed by atoms with Crippen molar-refractivity contribution in [2.45, 2.75) is 174 Å². The summed E-state index contributed by atoms with van der Waals surface area (Å²) in [6.07, 6.45) is 45.2. The van der Waals surface area contributed by atoms with Crippen molar-refractivity contribution in [2.75, 3.05) is 0 Å². The fourth-order valence-corrected chi connectivity index (χ4v) is 4.58. The van der Waals surface area contributed by atoms with Crippen LogP contribution in [-0.2, 0) is 4.79 Å². The van der Waals surface area contributed by atoms with Gasteiger partial charge in [0.05, 0.1) is 0 Å². The number of carbonyl (C=O) groups excluding carboxylic acids is 1. The smallest absolute Gasteiger partial charge is 0.145 e. The van der Waals surface area contributed by atoms with Crippen LogP contribution in [0, 0.1) is 0 Å². The zero-order valence-electron chi connectivity index (χ0n) is 24.1. The lowest BCUT2D eigenvalue weighted by Gasteiger charge is -2.02. The van der Waals surface area contributed by atoms with Crippen LogP contribution in [0.25, 0.3) is 0 Å². The van der Waals surface area contributed by atoms with E-state index in [1.54, 1.807) is 0 Å². The van der Waals surface area contributed by atoms with Crippen LogP contribution in [0.2, 0.25) is 0 Å². The molecule has 0 aliphatic heterocycles. The van der Waals surface area contributed by atoms with E-state index in [0.717, 1.165) is 31.1 Å². The van der Waals surface area contributed by atoms with Gasteiger partial charge >= 0.3 is 0 Å². The van der Waals surface area contributed by atoms with Crippen LogP contribution in [0.15, 0.2) is 36.0 Å². The Morgan fingerprint density at radius 1 is 0.429 bits per heavy atom. The van der Waals surface area contributed by atoms with E-state index in [9.17, 15) is 4.79 Å². The predicted molar refractivity (Wildman–Crippen MR) is 159 cm³/mol. The molecule has 0 aliphatic rings. The van der Waals surface area contributed by atoms with Crippen molar-refractivity contribution in [3.63, 3.8) is 0 Å². The zero-order valence-corrected chi connectivity index (χ0v) is 24.1. The first kappa shape index (κ1) is 33.9. The van der Waals surface area contributed by atoms with E-state index in [-0.39, 0.29) is 0 Å². The van der Waals surface area contributed by atoms with Crippen LogP contribution < -0.4 is 0 Å². The van der Waals surface area contributed by atoms with E-state index in [1.807, 2.05) is 0 Å². The summed E-state index contributed by atoms with van der Waals surface area (Å²) in [7, 11) is 0. The molecule has 35 heavy (non-hydrogen) atoms. The number of carbonyl (C=O) groups is 1. The van der Waals surface area contributed by atoms with Crippen LogP contribution >= 0.6 is 0 Å². The first-order valence-corrected chi connectivity index (χ1v) is 15.8. The Bertz CT molecular complexity index is 499. The normalized spacial score (nSPS) is 12.3. The SMILES string of the molecule is CCCCCCCC/C=C\CCCCCC/C=C(/C=O)CCCCC/C=C\CCCCCCCC. The number of unbranched alkanes of at least 4 members (excludes halogenated alkanes) is 20. The molecule has 0 aromatic heterocycles. The molecule has 0 saturated heterocycles. The molecule has 0 atom stereocenters. The second kappa shape index (κ2) is 30.9. The minimum absolute atomic E-state index is 0.967. The Morgan fingerprint density at radius 3 is 1.17 bits per heavy atom. The van der Waals surface area contributed by atoms with E-state index in [4.69, 9.17) is 0 Å². The van der Waals surface area contributed by atoms with Gasteiger partial charge in [0.25, 0.3) is 0 Å². The van der Waals surface area contributed by atoms with Crippen molar-refractivity contribution in [1.29, 1.82) is 0 Å². The maximum atomic E-state index is 11.3. The fraction of sp³-hybridized carbons (Fsp3) is 0.794. The van der Waals surface area contributed by atoms with Gasteiger partial charge in [-0.05, 0) is 82.6 Å². The van der Waals surface area contributed by atoms with Gasteiger partial charge in [0, 0.05) is 0 Å². The van der Waals surface area contributed by atoms with Gasteiger partial charge in [0.2, 0.25) is 0 Å². The summed E-state index contributed by atoms with van der Waals surface area (Å²) < 4.78 is 0. The van der Waals surface area contributed by atoms with E-state index in [1.165, 1.54) is 141 Å². The van der Waals surface area contributed by atoms with Gasteiger partial charge in [-0.1, -0.05) is 128 Å². The Kier molecular flexibility index (Phi) is 29.9. The monoisotopic (exact) mass is 486 g/mol. The molecule has 0 aliphatic carbocycles. The summed E-state index contributed by atoms with van der Waals surface area (Å²) in [5.41, 5.74) is 1.03. The molecular formula is C34H62O. The molecule has 0 spiro atoms. The summed E-state index contributed by atoms with van der Waals surface area (Å²) in [5.74, 6) is 0. The van der Waals surface area contributed by atoms with E-state index < -0.39 is 0 Å². The third-order valence-electron chi connectivity index (χ3n) is 7.00. The number of aldehydes is 1. The molecule has 0 N–H and O–H groups in total. The molecule has 0 heterocycles. The highest BCUT2D eigenvalue weighted by Gasteiger charge is 1.97. The number of allylic oxidation sites excluding steroid dienone is 6.